The molecule has 5 heteroatoms. The van der Waals surface area contributed by atoms with Gasteiger partial charge in [-0.3, -0.25) is 4.79 Å². The third-order valence-electron chi connectivity index (χ3n) is 3.95. The Morgan fingerprint density at radius 1 is 1.38 bits per heavy atom. The first-order valence-electron chi connectivity index (χ1n) is 7.45. The number of benzene rings is 1. The van der Waals surface area contributed by atoms with E-state index >= 15 is 0 Å². The van der Waals surface area contributed by atoms with Gasteiger partial charge in [-0.1, -0.05) is 18.9 Å². The van der Waals surface area contributed by atoms with Gasteiger partial charge in [0.2, 0.25) is 5.91 Å². The molecule has 1 amide bonds. The highest BCUT2D eigenvalue weighted by molar-refractivity contribution is 5.94. The van der Waals surface area contributed by atoms with Crippen LogP contribution in [0.2, 0.25) is 0 Å². The van der Waals surface area contributed by atoms with E-state index in [2.05, 4.69) is 10.6 Å². The average Bonchev–Trinajstić information content (AvgIpc) is 2.47. The molecule has 0 heterocycles. The van der Waals surface area contributed by atoms with E-state index in [1.54, 1.807) is 19.2 Å². The molecule has 0 aliphatic heterocycles. The van der Waals surface area contributed by atoms with Gasteiger partial charge >= 0.3 is 0 Å². The number of carbonyl (C=O) groups excluding carboxylic acids is 1. The normalized spacial score (nSPS) is 23.6. The number of amides is 1. The second-order valence-corrected chi connectivity index (χ2v) is 5.55. The standard InChI is InChI=1S/C16H23FN2O2/c1-11(18-14-8-3-4-9-15(14)21-2)16(20)19-13-7-5-6-12(17)10-13/h5-7,10-11,14-15,18H,3-4,8-9H2,1-2H3,(H,19,20)/t11-,14-,15-/m1/s1. The third-order valence-corrected chi connectivity index (χ3v) is 3.95. The summed E-state index contributed by atoms with van der Waals surface area (Å²) < 4.78 is 18.6. The molecule has 0 saturated heterocycles. The summed E-state index contributed by atoms with van der Waals surface area (Å²) in [5.41, 5.74) is 0.473. The van der Waals surface area contributed by atoms with Crippen molar-refractivity contribution in [2.24, 2.45) is 0 Å². The van der Waals surface area contributed by atoms with Gasteiger partial charge in [-0.05, 0) is 38.0 Å². The zero-order chi connectivity index (χ0) is 15.2. The van der Waals surface area contributed by atoms with Crippen LogP contribution in [-0.4, -0.2) is 31.2 Å². The lowest BCUT2D eigenvalue weighted by Crippen LogP contribution is -2.50. The maximum atomic E-state index is 13.1. The Hall–Kier alpha value is -1.46. The first kappa shape index (κ1) is 15.9. The molecule has 0 bridgehead atoms. The molecule has 1 aliphatic carbocycles. The van der Waals surface area contributed by atoms with Crippen LogP contribution in [0.4, 0.5) is 10.1 Å². The zero-order valence-corrected chi connectivity index (χ0v) is 12.6. The minimum atomic E-state index is -0.361. The number of nitrogens with one attached hydrogen (secondary N) is 2. The first-order chi connectivity index (χ1) is 10.1. The molecule has 1 aliphatic rings. The summed E-state index contributed by atoms with van der Waals surface area (Å²) in [5.74, 6) is -0.527. The van der Waals surface area contributed by atoms with Crippen molar-refractivity contribution in [2.75, 3.05) is 12.4 Å². The van der Waals surface area contributed by atoms with E-state index in [1.165, 1.54) is 18.6 Å². The Bertz CT molecular complexity index is 481. The lowest BCUT2D eigenvalue weighted by atomic mass is 9.92. The van der Waals surface area contributed by atoms with E-state index < -0.39 is 0 Å². The summed E-state index contributed by atoms with van der Waals surface area (Å²) >= 11 is 0. The number of methoxy groups -OCH3 is 1. The molecule has 1 aromatic carbocycles. The van der Waals surface area contributed by atoms with Crippen LogP contribution in [0.5, 0.6) is 0 Å². The van der Waals surface area contributed by atoms with E-state index in [0.717, 1.165) is 19.3 Å². The summed E-state index contributed by atoms with van der Waals surface area (Å²) in [5, 5.41) is 6.05. The van der Waals surface area contributed by atoms with Crippen molar-refractivity contribution in [1.29, 1.82) is 0 Å². The van der Waals surface area contributed by atoms with Crippen molar-refractivity contribution in [3.05, 3.63) is 30.1 Å². The highest BCUT2D eigenvalue weighted by Crippen LogP contribution is 2.21. The zero-order valence-electron chi connectivity index (χ0n) is 12.6. The highest BCUT2D eigenvalue weighted by Gasteiger charge is 2.27. The van der Waals surface area contributed by atoms with Crippen molar-refractivity contribution < 1.29 is 13.9 Å². The number of anilines is 1. The van der Waals surface area contributed by atoms with Crippen molar-refractivity contribution >= 4 is 11.6 Å². The quantitative estimate of drug-likeness (QED) is 0.878. The molecular formula is C16H23FN2O2. The Balaban J connectivity index is 1.90. The van der Waals surface area contributed by atoms with Crippen LogP contribution < -0.4 is 10.6 Å². The second-order valence-electron chi connectivity index (χ2n) is 5.55. The highest BCUT2D eigenvalue weighted by atomic mass is 19.1. The molecule has 2 N–H and O–H groups in total. The average molecular weight is 294 g/mol. The Morgan fingerprint density at radius 3 is 2.86 bits per heavy atom. The molecule has 2 rings (SSSR count). The predicted octanol–water partition coefficient (Wildman–Crippen LogP) is 2.70. The van der Waals surface area contributed by atoms with Gasteiger partial charge in [0.25, 0.3) is 0 Å². The fourth-order valence-electron chi connectivity index (χ4n) is 2.78. The Kier molecular flexibility index (Phi) is 5.70. The Morgan fingerprint density at radius 2 is 2.14 bits per heavy atom. The number of ether oxygens (including phenoxy) is 1. The molecule has 1 aromatic rings. The lowest BCUT2D eigenvalue weighted by molar-refractivity contribution is -0.118. The van der Waals surface area contributed by atoms with Gasteiger partial charge in [-0.15, -0.1) is 0 Å². The smallest absolute Gasteiger partial charge is 0.241 e. The molecular weight excluding hydrogens is 271 g/mol. The summed E-state index contributed by atoms with van der Waals surface area (Å²) in [6.45, 7) is 1.82. The molecule has 0 unspecified atom stereocenters. The van der Waals surface area contributed by atoms with Crippen LogP contribution in [0.15, 0.2) is 24.3 Å². The number of hydrogen-bond acceptors (Lipinski definition) is 3. The van der Waals surface area contributed by atoms with Gasteiger partial charge in [0.15, 0.2) is 0 Å². The first-order valence-corrected chi connectivity index (χ1v) is 7.45. The summed E-state index contributed by atoms with van der Waals surface area (Å²) in [4.78, 5) is 12.2. The van der Waals surface area contributed by atoms with Crippen LogP contribution in [-0.2, 0) is 9.53 Å². The molecule has 0 aromatic heterocycles. The number of halogens is 1. The van der Waals surface area contributed by atoms with Gasteiger partial charge in [0, 0.05) is 18.8 Å². The Labute approximate surface area is 125 Å². The molecule has 0 radical (unpaired) electrons. The molecule has 4 nitrogen and oxygen atoms in total. The SMILES string of the molecule is CO[C@@H]1CCCC[C@H]1N[C@H](C)C(=O)Nc1cccc(F)c1. The topological polar surface area (TPSA) is 50.4 Å². The molecule has 21 heavy (non-hydrogen) atoms. The van der Waals surface area contributed by atoms with Gasteiger partial charge in [0.05, 0.1) is 12.1 Å². The van der Waals surface area contributed by atoms with E-state index in [4.69, 9.17) is 4.74 Å². The van der Waals surface area contributed by atoms with Gasteiger partial charge in [-0.25, -0.2) is 4.39 Å². The summed E-state index contributed by atoms with van der Waals surface area (Å²) in [7, 11) is 1.71. The third kappa shape index (κ3) is 4.51. The second kappa shape index (κ2) is 7.52. The molecule has 3 atom stereocenters. The van der Waals surface area contributed by atoms with Crippen LogP contribution in [0.25, 0.3) is 0 Å². The summed E-state index contributed by atoms with van der Waals surface area (Å²) in [6, 6.07) is 5.74. The minimum absolute atomic E-state index is 0.156. The van der Waals surface area contributed by atoms with E-state index in [1.807, 2.05) is 6.92 Å². The van der Waals surface area contributed by atoms with Crippen LogP contribution in [0, 0.1) is 5.82 Å². The fraction of sp³-hybridized carbons (Fsp3) is 0.562. The van der Waals surface area contributed by atoms with Gasteiger partial charge in [0.1, 0.15) is 5.82 Å². The van der Waals surface area contributed by atoms with Crippen LogP contribution in [0.1, 0.15) is 32.6 Å². The number of hydrogen-bond donors (Lipinski definition) is 2. The van der Waals surface area contributed by atoms with E-state index in [9.17, 15) is 9.18 Å². The maximum Gasteiger partial charge on any atom is 0.241 e. The number of carbonyl (C=O) groups is 1. The lowest BCUT2D eigenvalue weighted by Gasteiger charge is -2.33. The van der Waals surface area contributed by atoms with E-state index in [0.29, 0.717) is 5.69 Å². The van der Waals surface area contributed by atoms with Crippen molar-refractivity contribution in [3.63, 3.8) is 0 Å². The van der Waals surface area contributed by atoms with Crippen LogP contribution >= 0.6 is 0 Å². The molecule has 1 fully saturated rings. The van der Waals surface area contributed by atoms with Gasteiger partial charge in [-0.2, -0.15) is 0 Å². The minimum Gasteiger partial charge on any atom is -0.380 e. The van der Waals surface area contributed by atoms with E-state index in [-0.39, 0.29) is 29.9 Å². The monoisotopic (exact) mass is 294 g/mol. The fourth-order valence-corrected chi connectivity index (χ4v) is 2.78. The maximum absolute atomic E-state index is 13.1. The predicted molar refractivity (Wildman–Crippen MR) is 80.7 cm³/mol. The summed E-state index contributed by atoms with van der Waals surface area (Å²) in [6.07, 6.45) is 4.50. The van der Waals surface area contributed by atoms with Crippen molar-refractivity contribution in [3.8, 4) is 0 Å². The molecule has 0 spiro atoms. The number of rotatable bonds is 5. The van der Waals surface area contributed by atoms with Crippen molar-refractivity contribution in [2.45, 2.75) is 50.8 Å². The van der Waals surface area contributed by atoms with Gasteiger partial charge < -0.3 is 15.4 Å². The van der Waals surface area contributed by atoms with Crippen molar-refractivity contribution in [1.82, 2.24) is 5.32 Å². The van der Waals surface area contributed by atoms with Crippen LogP contribution in [0.3, 0.4) is 0 Å². The molecule has 1 saturated carbocycles. The largest absolute Gasteiger partial charge is 0.380 e. The molecule has 116 valence electrons.